The fourth-order valence-electron chi connectivity index (χ4n) is 1.24. The van der Waals surface area contributed by atoms with Crippen LogP contribution in [0.4, 0.5) is 4.39 Å². The largest absolute Gasteiger partial charge is 0.483 e. The molecule has 1 aromatic heterocycles. The molecule has 0 aliphatic rings. The Kier molecular flexibility index (Phi) is 3.28. The highest BCUT2D eigenvalue weighted by atomic mass is 79.9. The predicted molar refractivity (Wildman–Crippen MR) is 62.3 cm³/mol. The topological polar surface area (TPSA) is 59.9 Å². The Morgan fingerprint density at radius 1 is 1.59 bits per heavy atom. The second-order valence-corrected chi connectivity index (χ2v) is 4.28. The average Bonchev–Trinajstić information content (AvgIpc) is 2.59. The van der Waals surface area contributed by atoms with E-state index < -0.39 is 5.82 Å². The maximum absolute atomic E-state index is 13.4. The maximum atomic E-state index is 13.4. The van der Waals surface area contributed by atoms with Gasteiger partial charge in [0.15, 0.2) is 17.4 Å². The Labute approximate surface area is 104 Å². The van der Waals surface area contributed by atoms with Gasteiger partial charge >= 0.3 is 5.69 Å². The molecule has 17 heavy (non-hydrogen) atoms. The number of H-pyrrole nitrogens is 1. The van der Waals surface area contributed by atoms with Gasteiger partial charge in [0.25, 0.3) is 0 Å². The molecule has 90 valence electrons. The van der Waals surface area contributed by atoms with E-state index in [1.54, 1.807) is 13.1 Å². The van der Waals surface area contributed by atoms with E-state index in [-0.39, 0.29) is 18.0 Å². The summed E-state index contributed by atoms with van der Waals surface area (Å²) in [6.45, 7) is 0.0216. The minimum Gasteiger partial charge on any atom is -0.483 e. The monoisotopic (exact) mass is 301 g/mol. The summed E-state index contributed by atoms with van der Waals surface area (Å²) < 4.78 is 20.6. The zero-order valence-electron chi connectivity index (χ0n) is 8.91. The molecule has 0 spiro atoms. The summed E-state index contributed by atoms with van der Waals surface area (Å²) in [4.78, 5) is 11.1. The Hall–Kier alpha value is -1.63. The van der Waals surface area contributed by atoms with Crippen LogP contribution in [0.15, 0.2) is 27.5 Å². The molecule has 0 aliphatic carbocycles. The number of hydrogen-bond acceptors (Lipinski definition) is 3. The van der Waals surface area contributed by atoms with Crippen LogP contribution in [0.5, 0.6) is 5.75 Å². The van der Waals surface area contributed by atoms with Gasteiger partial charge in [0.2, 0.25) is 0 Å². The minimum absolute atomic E-state index is 0.0216. The second-order valence-electron chi connectivity index (χ2n) is 3.37. The zero-order chi connectivity index (χ0) is 12.4. The van der Waals surface area contributed by atoms with Crippen molar-refractivity contribution in [3.63, 3.8) is 0 Å². The van der Waals surface area contributed by atoms with Gasteiger partial charge in [-0.15, -0.1) is 0 Å². The molecule has 0 radical (unpaired) electrons. The van der Waals surface area contributed by atoms with E-state index in [0.29, 0.717) is 10.3 Å². The smallest absolute Gasteiger partial charge is 0.343 e. The number of benzene rings is 1. The van der Waals surface area contributed by atoms with Crippen LogP contribution in [0.25, 0.3) is 0 Å². The summed E-state index contributed by atoms with van der Waals surface area (Å²) in [6, 6.07) is 4.48. The van der Waals surface area contributed by atoms with Crippen LogP contribution in [0.2, 0.25) is 0 Å². The van der Waals surface area contributed by atoms with Crippen molar-refractivity contribution in [1.82, 2.24) is 14.8 Å². The number of aromatic nitrogens is 3. The van der Waals surface area contributed by atoms with Crippen LogP contribution in [-0.4, -0.2) is 14.8 Å². The fourth-order valence-corrected chi connectivity index (χ4v) is 1.58. The van der Waals surface area contributed by atoms with Crippen LogP contribution in [0.1, 0.15) is 5.82 Å². The van der Waals surface area contributed by atoms with Gasteiger partial charge in [0.1, 0.15) is 6.61 Å². The van der Waals surface area contributed by atoms with Crippen LogP contribution < -0.4 is 10.4 Å². The molecule has 0 amide bonds. The summed E-state index contributed by atoms with van der Waals surface area (Å²) in [5.74, 6) is 0.0425. The lowest BCUT2D eigenvalue weighted by Gasteiger charge is -2.06. The summed E-state index contributed by atoms with van der Waals surface area (Å²) in [6.07, 6.45) is 0. The van der Waals surface area contributed by atoms with E-state index in [4.69, 9.17) is 4.74 Å². The highest BCUT2D eigenvalue weighted by Crippen LogP contribution is 2.21. The van der Waals surface area contributed by atoms with Crippen molar-refractivity contribution >= 4 is 15.9 Å². The molecule has 0 fully saturated rings. The van der Waals surface area contributed by atoms with E-state index >= 15 is 0 Å². The average molecular weight is 302 g/mol. The summed E-state index contributed by atoms with van der Waals surface area (Å²) in [7, 11) is 1.56. The Balaban J connectivity index is 2.12. The molecule has 0 unspecified atom stereocenters. The lowest BCUT2D eigenvalue weighted by Crippen LogP contribution is -2.15. The van der Waals surface area contributed by atoms with Gasteiger partial charge in [-0.2, -0.15) is 5.10 Å². The molecule has 0 aliphatic heterocycles. The molecule has 1 heterocycles. The van der Waals surface area contributed by atoms with Gasteiger partial charge in [-0.25, -0.2) is 14.3 Å². The summed E-state index contributed by atoms with van der Waals surface area (Å²) in [5, 5.41) is 6.02. The van der Waals surface area contributed by atoms with Crippen molar-refractivity contribution in [2.24, 2.45) is 7.05 Å². The van der Waals surface area contributed by atoms with E-state index in [9.17, 15) is 9.18 Å². The first kappa shape index (κ1) is 11.8. The SMILES string of the molecule is Cn1c(COc2ccc(Br)cc2F)n[nH]c1=O. The van der Waals surface area contributed by atoms with Crippen molar-refractivity contribution < 1.29 is 9.13 Å². The number of hydrogen-bond donors (Lipinski definition) is 1. The van der Waals surface area contributed by atoms with Gasteiger partial charge in [-0.05, 0) is 18.2 Å². The van der Waals surface area contributed by atoms with Crippen LogP contribution in [-0.2, 0) is 13.7 Å². The van der Waals surface area contributed by atoms with Gasteiger partial charge in [0, 0.05) is 11.5 Å². The lowest BCUT2D eigenvalue weighted by molar-refractivity contribution is 0.276. The number of aromatic amines is 1. The van der Waals surface area contributed by atoms with Crippen LogP contribution in [0.3, 0.4) is 0 Å². The second kappa shape index (κ2) is 4.70. The molecule has 5 nitrogen and oxygen atoms in total. The van der Waals surface area contributed by atoms with E-state index in [2.05, 4.69) is 26.1 Å². The molecule has 1 aromatic carbocycles. The molecule has 0 bridgehead atoms. The third kappa shape index (κ3) is 2.55. The van der Waals surface area contributed by atoms with E-state index in [1.807, 2.05) is 0 Å². The normalized spacial score (nSPS) is 10.5. The van der Waals surface area contributed by atoms with Crippen molar-refractivity contribution in [2.45, 2.75) is 6.61 Å². The minimum atomic E-state index is -0.472. The van der Waals surface area contributed by atoms with Crippen LogP contribution in [0, 0.1) is 5.82 Å². The van der Waals surface area contributed by atoms with E-state index in [0.717, 1.165) is 0 Å². The lowest BCUT2D eigenvalue weighted by atomic mass is 10.3. The quantitative estimate of drug-likeness (QED) is 0.936. The molecule has 0 saturated heterocycles. The fraction of sp³-hybridized carbons (Fsp3) is 0.200. The first-order valence-corrected chi connectivity index (χ1v) is 5.55. The highest BCUT2D eigenvalue weighted by molar-refractivity contribution is 9.10. The highest BCUT2D eigenvalue weighted by Gasteiger charge is 2.08. The zero-order valence-corrected chi connectivity index (χ0v) is 10.5. The first-order chi connectivity index (χ1) is 8.08. The number of nitrogens with one attached hydrogen (secondary N) is 1. The van der Waals surface area contributed by atoms with Gasteiger partial charge in [-0.3, -0.25) is 4.57 Å². The molecule has 2 rings (SSSR count). The first-order valence-electron chi connectivity index (χ1n) is 4.76. The molecule has 0 saturated carbocycles. The molecule has 7 heteroatoms. The van der Waals surface area contributed by atoms with Gasteiger partial charge in [0.05, 0.1) is 0 Å². The Bertz CT molecular complexity index is 593. The number of nitrogens with zero attached hydrogens (tertiary/aromatic N) is 2. The summed E-state index contributed by atoms with van der Waals surface area (Å²) in [5.41, 5.74) is -0.333. The number of rotatable bonds is 3. The number of halogens is 2. The third-order valence-electron chi connectivity index (χ3n) is 2.22. The maximum Gasteiger partial charge on any atom is 0.343 e. The van der Waals surface area contributed by atoms with E-state index in [1.165, 1.54) is 16.7 Å². The van der Waals surface area contributed by atoms with Crippen molar-refractivity contribution in [3.8, 4) is 5.75 Å². The van der Waals surface area contributed by atoms with Crippen molar-refractivity contribution in [3.05, 3.63) is 44.8 Å². The Morgan fingerprint density at radius 2 is 2.35 bits per heavy atom. The standard InChI is InChI=1S/C10H9BrFN3O2/c1-15-9(13-14-10(15)16)5-17-8-3-2-6(11)4-7(8)12/h2-4H,5H2,1H3,(H,14,16). The molecule has 1 N–H and O–H groups in total. The van der Waals surface area contributed by atoms with Gasteiger partial charge < -0.3 is 4.74 Å². The Morgan fingerprint density at radius 3 is 2.94 bits per heavy atom. The van der Waals surface area contributed by atoms with Gasteiger partial charge in [-0.1, -0.05) is 15.9 Å². The molecular weight excluding hydrogens is 293 g/mol. The summed E-state index contributed by atoms with van der Waals surface area (Å²) >= 11 is 3.15. The predicted octanol–water partition coefficient (Wildman–Crippen LogP) is 1.59. The van der Waals surface area contributed by atoms with Crippen molar-refractivity contribution in [2.75, 3.05) is 0 Å². The molecule has 0 atom stereocenters. The molecular formula is C10H9BrFN3O2. The van der Waals surface area contributed by atoms with Crippen molar-refractivity contribution in [1.29, 1.82) is 0 Å². The third-order valence-corrected chi connectivity index (χ3v) is 2.72. The molecule has 2 aromatic rings. The van der Waals surface area contributed by atoms with Crippen LogP contribution >= 0.6 is 15.9 Å². The number of ether oxygens (including phenoxy) is 1.